The number of aromatic nitrogens is 2. The van der Waals surface area contributed by atoms with Crippen molar-refractivity contribution in [2.45, 2.75) is 51.9 Å². The van der Waals surface area contributed by atoms with Gasteiger partial charge in [0.25, 0.3) is 0 Å². The number of rotatable bonds is 4. The first kappa shape index (κ1) is 16.2. The number of hydrogen-bond donors (Lipinski definition) is 1. The van der Waals surface area contributed by atoms with Crippen LogP contribution in [0.1, 0.15) is 58.0 Å². The average molecular weight is 311 g/mol. The third kappa shape index (κ3) is 4.15. The molecule has 1 aromatic rings. The van der Waals surface area contributed by atoms with Gasteiger partial charge in [0.2, 0.25) is 0 Å². The topological polar surface area (TPSA) is 72.0 Å². The minimum atomic E-state index is -2.92. The van der Waals surface area contributed by atoms with Crippen LogP contribution in [0.25, 0.3) is 0 Å². The predicted molar refractivity (Wildman–Crippen MR) is 85.5 cm³/mol. The van der Waals surface area contributed by atoms with Crippen molar-refractivity contribution in [1.29, 1.82) is 0 Å². The molecule has 1 aromatic heterocycles. The summed E-state index contributed by atoms with van der Waals surface area (Å²) < 4.78 is 23.4. The Hall–Kier alpha value is -1.17. The molecular weight excluding hydrogens is 286 g/mol. The van der Waals surface area contributed by atoms with E-state index in [9.17, 15) is 8.42 Å². The molecule has 0 bridgehead atoms. The number of sulfone groups is 1. The van der Waals surface area contributed by atoms with E-state index in [4.69, 9.17) is 0 Å². The molecule has 1 fully saturated rings. The van der Waals surface area contributed by atoms with Crippen molar-refractivity contribution in [3.05, 3.63) is 17.6 Å². The van der Waals surface area contributed by atoms with E-state index >= 15 is 0 Å². The summed E-state index contributed by atoms with van der Waals surface area (Å²) in [5.74, 6) is 1.82. The molecule has 1 aliphatic rings. The van der Waals surface area contributed by atoms with Gasteiger partial charge in [-0.15, -0.1) is 0 Å². The van der Waals surface area contributed by atoms with Crippen LogP contribution in [-0.2, 0) is 15.3 Å². The fourth-order valence-electron chi connectivity index (χ4n) is 2.37. The summed E-state index contributed by atoms with van der Waals surface area (Å²) in [6, 6.07) is 1.97. The summed E-state index contributed by atoms with van der Waals surface area (Å²) in [4.78, 5) is 9.19. The fraction of sp³-hybridized carbons (Fsp3) is 0.733. The van der Waals surface area contributed by atoms with Crippen LogP contribution in [0, 0.1) is 0 Å². The highest BCUT2D eigenvalue weighted by molar-refractivity contribution is 7.91. The van der Waals surface area contributed by atoms with E-state index in [0.29, 0.717) is 12.2 Å². The lowest BCUT2D eigenvalue weighted by Gasteiger charge is -2.21. The molecule has 2 rings (SSSR count). The van der Waals surface area contributed by atoms with Gasteiger partial charge in [0.15, 0.2) is 9.84 Å². The molecule has 118 valence electrons. The van der Waals surface area contributed by atoms with Gasteiger partial charge in [0, 0.05) is 23.9 Å². The quantitative estimate of drug-likeness (QED) is 0.925. The summed E-state index contributed by atoms with van der Waals surface area (Å²) in [5, 5.41) is 3.29. The molecular formula is C15H25N3O2S. The molecule has 6 heteroatoms. The number of anilines is 1. The third-order valence-corrected chi connectivity index (χ3v) is 5.43. The van der Waals surface area contributed by atoms with E-state index < -0.39 is 9.84 Å². The van der Waals surface area contributed by atoms with E-state index in [-0.39, 0.29) is 22.8 Å². The summed E-state index contributed by atoms with van der Waals surface area (Å²) in [5.41, 5.74) is 0.869. The molecule has 1 aliphatic heterocycles. The first-order chi connectivity index (χ1) is 9.71. The Kier molecular flexibility index (Phi) is 4.56. The summed E-state index contributed by atoms with van der Waals surface area (Å²) in [6.07, 6.45) is 1.64. The smallest absolute Gasteiger partial charge is 0.151 e. The SMILES string of the molecule is CCCNc1cc(C(C)(C)C)nc(C2CCS(=O)(=O)C2)n1. The van der Waals surface area contributed by atoms with Crippen LogP contribution in [0.2, 0.25) is 0 Å². The van der Waals surface area contributed by atoms with Gasteiger partial charge in [-0.3, -0.25) is 0 Å². The maximum Gasteiger partial charge on any atom is 0.151 e. The van der Waals surface area contributed by atoms with Gasteiger partial charge in [0.1, 0.15) is 11.6 Å². The van der Waals surface area contributed by atoms with Crippen molar-refractivity contribution in [2.75, 3.05) is 23.4 Å². The first-order valence-corrected chi connectivity index (χ1v) is 9.37. The van der Waals surface area contributed by atoms with Gasteiger partial charge in [-0.05, 0) is 12.8 Å². The van der Waals surface area contributed by atoms with Crippen molar-refractivity contribution in [1.82, 2.24) is 9.97 Å². The van der Waals surface area contributed by atoms with E-state index in [2.05, 4.69) is 43.0 Å². The Bertz CT molecular complexity index is 606. The van der Waals surface area contributed by atoms with Gasteiger partial charge >= 0.3 is 0 Å². The second-order valence-electron chi connectivity index (χ2n) is 6.77. The Balaban J connectivity index is 2.36. The molecule has 1 N–H and O–H groups in total. The summed E-state index contributed by atoms with van der Waals surface area (Å²) in [6.45, 7) is 9.27. The van der Waals surface area contributed by atoms with Crippen LogP contribution in [0.5, 0.6) is 0 Å². The normalized spacial score (nSPS) is 21.4. The molecule has 0 aliphatic carbocycles. The van der Waals surface area contributed by atoms with Crippen LogP contribution in [0.3, 0.4) is 0 Å². The summed E-state index contributed by atoms with van der Waals surface area (Å²) >= 11 is 0. The van der Waals surface area contributed by atoms with Crippen LogP contribution < -0.4 is 5.32 Å². The second kappa shape index (κ2) is 5.91. The van der Waals surface area contributed by atoms with Gasteiger partial charge in [-0.2, -0.15) is 0 Å². The average Bonchev–Trinajstić information content (AvgIpc) is 2.75. The Labute approximate surface area is 127 Å². The van der Waals surface area contributed by atoms with Gasteiger partial charge in [-0.25, -0.2) is 18.4 Å². The van der Waals surface area contributed by atoms with Crippen LogP contribution >= 0.6 is 0 Å². The van der Waals surface area contributed by atoms with Crippen LogP contribution in [-0.4, -0.2) is 36.4 Å². The van der Waals surface area contributed by atoms with Crippen molar-refractivity contribution >= 4 is 15.7 Å². The maximum absolute atomic E-state index is 11.7. The summed E-state index contributed by atoms with van der Waals surface area (Å²) in [7, 11) is -2.92. The highest BCUT2D eigenvalue weighted by Crippen LogP contribution is 2.30. The molecule has 1 saturated heterocycles. The standard InChI is InChI=1S/C15H25N3O2S/c1-5-7-16-13-9-12(15(2,3)4)17-14(18-13)11-6-8-21(19,20)10-11/h9,11H,5-8,10H2,1-4H3,(H,16,17,18). The van der Waals surface area contributed by atoms with Gasteiger partial charge in [0.05, 0.1) is 17.2 Å². The number of hydrogen-bond acceptors (Lipinski definition) is 5. The maximum atomic E-state index is 11.7. The minimum absolute atomic E-state index is 0.0699. The zero-order valence-electron chi connectivity index (χ0n) is 13.3. The lowest BCUT2D eigenvalue weighted by atomic mass is 9.91. The molecule has 21 heavy (non-hydrogen) atoms. The van der Waals surface area contributed by atoms with Gasteiger partial charge < -0.3 is 5.32 Å². The zero-order valence-corrected chi connectivity index (χ0v) is 14.1. The van der Waals surface area contributed by atoms with Crippen LogP contribution in [0.4, 0.5) is 5.82 Å². The highest BCUT2D eigenvalue weighted by atomic mass is 32.2. The molecule has 1 atom stereocenters. The van der Waals surface area contributed by atoms with E-state index in [1.807, 2.05) is 6.07 Å². The Morgan fingerprint density at radius 1 is 1.33 bits per heavy atom. The monoisotopic (exact) mass is 311 g/mol. The second-order valence-corrected chi connectivity index (χ2v) is 9.00. The van der Waals surface area contributed by atoms with Crippen molar-refractivity contribution in [2.24, 2.45) is 0 Å². The fourth-order valence-corrected chi connectivity index (χ4v) is 4.11. The van der Waals surface area contributed by atoms with Crippen molar-refractivity contribution in [3.8, 4) is 0 Å². The molecule has 0 radical (unpaired) electrons. The Morgan fingerprint density at radius 3 is 2.57 bits per heavy atom. The lowest BCUT2D eigenvalue weighted by molar-refractivity contribution is 0.556. The number of nitrogens with zero attached hydrogens (tertiary/aromatic N) is 2. The molecule has 5 nitrogen and oxygen atoms in total. The molecule has 0 saturated carbocycles. The lowest BCUT2D eigenvalue weighted by Crippen LogP contribution is -2.18. The largest absolute Gasteiger partial charge is 0.370 e. The zero-order chi connectivity index (χ0) is 15.7. The Morgan fingerprint density at radius 2 is 2.05 bits per heavy atom. The number of nitrogens with one attached hydrogen (secondary N) is 1. The molecule has 0 aromatic carbocycles. The van der Waals surface area contributed by atoms with E-state index in [1.165, 1.54) is 0 Å². The molecule has 2 heterocycles. The predicted octanol–water partition coefficient (Wildman–Crippen LogP) is 2.50. The molecule has 0 amide bonds. The van der Waals surface area contributed by atoms with Crippen molar-refractivity contribution < 1.29 is 8.42 Å². The third-order valence-electron chi connectivity index (χ3n) is 3.67. The van der Waals surface area contributed by atoms with Crippen LogP contribution in [0.15, 0.2) is 6.07 Å². The van der Waals surface area contributed by atoms with E-state index in [1.54, 1.807) is 0 Å². The van der Waals surface area contributed by atoms with E-state index in [0.717, 1.165) is 24.5 Å². The first-order valence-electron chi connectivity index (χ1n) is 7.55. The highest BCUT2D eigenvalue weighted by Gasteiger charge is 2.32. The molecule has 1 unspecified atom stereocenters. The molecule has 0 spiro atoms. The van der Waals surface area contributed by atoms with Crippen molar-refractivity contribution in [3.63, 3.8) is 0 Å². The minimum Gasteiger partial charge on any atom is -0.370 e. The van der Waals surface area contributed by atoms with Gasteiger partial charge in [-0.1, -0.05) is 27.7 Å².